The van der Waals surface area contributed by atoms with Crippen LogP contribution in [0.3, 0.4) is 0 Å². The third kappa shape index (κ3) is 1.81. The summed E-state index contributed by atoms with van der Waals surface area (Å²) in [5.74, 6) is 0. The Kier molecular flexibility index (Phi) is 2.82. The van der Waals surface area contributed by atoms with Gasteiger partial charge in [-0.05, 0) is 36.9 Å². The highest BCUT2D eigenvalue weighted by Gasteiger charge is 2.21. The Morgan fingerprint density at radius 2 is 2.11 bits per heavy atom. The summed E-state index contributed by atoms with van der Waals surface area (Å²) in [5, 5.41) is 0.224. The van der Waals surface area contributed by atoms with E-state index >= 15 is 0 Å². The van der Waals surface area contributed by atoms with Gasteiger partial charge in [-0.25, -0.2) is 9.97 Å². The lowest BCUT2D eigenvalue weighted by atomic mass is 10.2. The van der Waals surface area contributed by atoms with Crippen LogP contribution in [0.5, 0.6) is 0 Å². The average Bonchev–Trinajstić information content (AvgIpc) is 2.83. The van der Waals surface area contributed by atoms with Gasteiger partial charge in [0, 0.05) is 12.1 Å². The Balaban J connectivity index is 2.32. The second-order valence-electron chi connectivity index (χ2n) is 4.85. The highest BCUT2D eigenvalue weighted by Crippen LogP contribution is 2.30. The van der Waals surface area contributed by atoms with E-state index in [1.165, 1.54) is 12.8 Å². The van der Waals surface area contributed by atoms with Crippen molar-refractivity contribution in [3.8, 4) is 0 Å². The average molecular weight is 264 g/mol. The molecule has 0 unspecified atom stereocenters. The number of aromatic nitrogens is 3. The van der Waals surface area contributed by atoms with Crippen molar-refractivity contribution in [3.63, 3.8) is 0 Å². The molecule has 0 atom stereocenters. The maximum atomic E-state index is 12.2. The predicted octanol–water partition coefficient (Wildman–Crippen LogP) is 2.87. The van der Waals surface area contributed by atoms with Crippen LogP contribution in [0.15, 0.2) is 17.1 Å². The molecule has 94 valence electrons. The van der Waals surface area contributed by atoms with E-state index in [0.717, 1.165) is 29.4 Å². The molecular formula is C13H14ClN3O. The standard InChI is InChI=1S/C13H14ClN3O/c1-8-6-11(18)17(9-4-2-3-5-9)10-7-15-13(14)16-12(8)10/h6-7,9H,2-5H2,1H3. The summed E-state index contributed by atoms with van der Waals surface area (Å²) in [4.78, 5) is 20.5. The number of halogens is 1. The molecule has 0 N–H and O–H groups in total. The minimum atomic E-state index is 0.0397. The van der Waals surface area contributed by atoms with Gasteiger partial charge in [-0.15, -0.1) is 0 Å². The van der Waals surface area contributed by atoms with Crippen LogP contribution < -0.4 is 5.56 Å². The van der Waals surface area contributed by atoms with Gasteiger partial charge in [-0.3, -0.25) is 4.79 Å². The van der Waals surface area contributed by atoms with Crippen molar-refractivity contribution >= 4 is 22.6 Å². The monoisotopic (exact) mass is 263 g/mol. The normalized spacial score (nSPS) is 16.6. The molecule has 4 nitrogen and oxygen atoms in total. The highest BCUT2D eigenvalue weighted by molar-refractivity contribution is 6.28. The van der Waals surface area contributed by atoms with Crippen molar-refractivity contribution in [2.45, 2.75) is 38.6 Å². The predicted molar refractivity (Wildman–Crippen MR) is 71.1 cm³/mol. The zero-order chi connectivity index (χ0) is 12.7. The zero-order valence-electron chi connectivity index (χ0n) is 10.2. The van der Waals surface area contributed by atoms with Gasteiger partial charge >= 0.3 is 0 Å². The number of rotatable bonds is 1. The molecule has 0 spiro atoms. The Labute approximate surface area is 110 Å². The SMILES string of the molecule is Cc1cc(=O)n(C2CCCC2)c2cnc(Cl)nc12. The lowest BCUT2D eigenvalue weighted by Crippen LogP contribution is -2.24. The van der Waals surface area contributed by atoms with E-state index < -0.39 is 0 Å². The topological polar surface area (TPSA) is 47.8 Å². The summed E-state index contributed by atoms with van der Waals surface area (Å²) in [7, 11) is 0. The van der Waals surface area contributed by atoms with Crippen LogP contribution >= 0.6 is 11.6 Å². The third-order valence-corrected chi connectivity index (χ3v) is 3.82. The van der Waals surface area contributed by atoms with Crippen molar-refractivity contribution in [3.05, 3.63) is 33.5 Å². The molecule has 0 bridgehead atoms. The lowest BCUT2D eigenvalue weighted by molar-refractivity contribution is 0.518. The molecule has 0 amide bonds. The van der Waals surface area contributed by atoms with Crippen molar-refractivity contribution in [2.75, 3.05) is 0 Å². The van der Waals surface area contributed by atoms with Crippen molar-refractivity contribution < 1.29 is 0 Å². The minimum absolute atomic E-state index is 0.0397. The number of fused-ring (bicyclic) bond motifs is 1. The number of hydrogen-bond acceptors (Lipinski definition) is 3. The van der Waals surface area contributed by atoms with Crippen molar-refractivity contribution in [1.82, 2.24) is 14.5 Å². The molecular weight excluding hydrogens is 250 g/mol. The summed E-state index contributed by atoms with van der Waals surface area (Å²) in [6.45, 7) is 1.88. The van der Waals surface area contributed by atoms with Crippen LogP contribution in [0.1, 0.15) is 37.3 Å². The molecule has 5 heteroatoms. The smallest absolute Gasteiger partial charge is 0.251 e. The molecule has 1 aliphatic rings. The maximum absolute atomic E-state index is 12.2. The first-order valence-electron chi connectivity index (χ1n) is 6.21. The molecule has 2 aromatic rings. The minimum Gasteiger partial charge on any atom is -0.302 e. The Hall–Kier alpha value is -1.42. The summed E-state index contributed by atoms with van der Waals surface area (Å²) >= 11 is 5.83. The molecule has 18 heavy (non-hydrogen) atoms. The van der Waals surface area contributed by atoms with Gasteiger partial charge in [0.25, 0.3) is 5.56 Å². The molecule has 3 rings (SSSR count). The third-order valence-electron chi connectivity index (χ3n) is 3.64. The summed E-state index contributed by atoms with van der Waals surface area (Å²) < 4.78 is 1.84. The zero-order valence-corrected chi connectivity index (χ0v) is 10.9. The highest BCUT2D eigenvalue weighted by atomic mass is 35.5. The second kappa shape index (κ2) is 4.35. The van der Waals surface area contributed by atoms with E-state index in [-0.39, 0.29) is 16.9 Å². The fourth-order valence-corrected chi connectivity index (χ4v) is 2.93. The van der Waals surface area contributed by atoms with Crippen molar-refractivity contribution in [2.24, 2.45) is 0 Å². The van der Waals surface area contributed by atoms with E-state index in [1.54, 1.807) is 12.3 Å². The van der Waals surface area contributed by atoms with Crippen LogP contribution in [0.2, 0.25) is 5.28 Å². The van der Waals surface area contributed by atoms with Crippen molar-refractivity contribution in [1.29, 1.82) is 0 Å². The first-order chi connectivity index (χ1) is 8.66. The number of pyridine rings is 1. The van der Waals surface area contributed by atoms with Gasteiger partial charge in [0.1, 0.15) is 0 Å². The fourth-order valence-electron chi connectivity index (χ4n) is 2.80. The van der Waals surface area contributed by atoms with Gasteiger partial charge < -0.3 is 4.57 Å². The van der Waals surface area contributed by atoms with E-state index in [0.29, 0.717) is 0 Å². The fraction of sp³-hybridized carbons (Fsp3) is 0.462. The van der Waals surface area contributed by atoms with Crippen LogP contribution in [0, 0.1) is 6.92 Å². The van der Waals surface area contributed by atoms with Gasteiger partial charge in [-0.2, -0.15) is 0 Å². The Morgan fingerprint density at radius 3 is 2.83 bits per heavy atom. The van der Waals surface area contributed by atoms with Crippen LogP contribution in [-0.4, -0.2) is 14.5 Å². The van der Waals surface area contributed by atoms with E-state index in [4.69, 9.17) is 11.6 Å². The molecule has 2 heterocycles. The number of hydrogen-bond donors (Lipinski definition) is 0. The van der Waals surface area contributed by atoms with E-state index in [9.17, 15) is 4.79 Å². The van der Waals surface area contributed by atoms with Gasteiger partial charge in [0.15, 0.2) is 0 Å². The Morgan fingerprint density at radius 1 is 1.39 bits per heavy atom. The molecule has 0 saturated heterocycles. The molecule has 1 fully saturated rings. The Bertz CT molecular complexity index is 659. The van der Waals surface area contributed by atoms with E-state index in [1.807, 2.05) is 11.5 Å². The molecule has 0 radical (unpaired) electrons. The quantitative estimate of drug-likeness (QED) is 0.744. The molecule has 0 aromatic carbocycles. The number of nitrogens with zero attached hydrogens (tertiary/aromatic N) is 3. The van der Waals surface area contributed by atoms with Crippen LogP contribution in [0.4, 0.5) is 0 Å². The molecule has 1 aliphatic carbocycles. The lowest BCUT2D eigenvalue weighted by Gasteiger charge is -2.16. The summed E-state index contributed by atoms with van der Waals surface area (Å²) in [6, 6.07) is 1.93. The number of aryl methyl sites for hydroxylation is 1. The largest absolute Gasteiger partial charge is 0.302 e. The van der Waals surface area contributed by atoms with Gasteiger partial charge in [0.05, 0.1) is 17.2 Å². The summed E-state index contributed by atoms with van der Waals surface area (Å²) in [6.07, 6.45) is 6.14. The maximum Gasteiger partial charge on any atom is 0.251 e. The first-order valence-corrected chi connectivity index (χ1v) is 6.59. The molecule has 1 saturated carbocycles. The van der Waals surface area contributed by atoms with Gasteiger partial charge in [0.2, 0.25) is 5.28 Å². The van der Waals surface area contributed by atoms with Gasteiger partial charge in [-0.1, -0.05) is 12.8 Å². The first kappa shape index (κ1) is 11.7. The van der Waals surface area contributed by atoms with Crippen LogP contribution in [-0.2, 0) is 0 Å². The molecule has 2 aromatic heterocycles. The summed E-state index contributed by atoms with van der Waals surface area (Å²) in [5.41, 5.74) is 2.48. The molecule has 0 aliphatic heterocycles. The van der Waals surface area contributed by atoms with Crippen LogP contribution in [0.25, 0.3) is 11.0 Å². The second-order valence-corrected chi connectivity index (χ2v) is 5.18. The van der Waals surface area contributed by atoms with E-state index in [2.05, 4.69) is 9.97 Å².